The number of ketones is 1. The Balaban J connectivity index is 4.41. The minimum absolute atomic E-state index is 0.184. The molecule has 0 amide bonds. The van der Waals surface area contributed by atoms with Crippen molar-refractivity contribution in [2.75, 3.05) is 13.6 Å². The summed E-state index contributed by atoms with van der Waals surface area (Å²) < 4.78 is 0. The van der Waals surface area contributed by atoms with Gasteiger partial charge in [0.15, 0.2) is 0 Å². The summed E-state index contributed by atoms with van der Waals surface area (Å²) >= 11 is 0. The zero-order valence-electron chi connectivity index (χ0n) is 10.5. The second-order valence-electron chi connectivity index (χ2n) is 5.53. The quantitative estimate of drug-likeness (QED) is 0.712. The third-order valence-corrected chi connectivity index (χ3v) is 2.65. The molecule has 0 saturated carbocycles. The van der Waals surface area contributed by atoms with Crippen LogP contribution in [-0.4, -0.2) is 19.4 Å². The van der Waals surface area contributed by atoms with Crippen LogP contribution in [0.25, 0.3) is 0 Å². The van der Waals surface area contributed by atoms with Gasteiger partial charge in [0.25, 0.3) is 0 Å². The van der Waals surface area contributed by atoms with E-state index in [1.54, 1.807) is 0 Å². The minimum atomic E-state index is -0.185. The largest absolute Gasteiger partial charge is 0.319 e. The number of hydrogen-bond acceptors (Lipinski definition) is 2. The molecule has 0 spiro atoms. The molecule has 0 aliphatic carbocycles. The van der Waals surface area contributed by atoms with Crippen LogP contribution in [0.1, 0.15) is 47.5 Å². The average Bonchev–Trinajstić information content (AvgIpc) is 2.00. The number of rotatable bonds is 6. The van der Waals surface area contributed by atoms with Crippen LogP contribution in [0.5, 0.6) is 0 Å². The Bertz CT molecular complexity index is 194. The molecule has 14 heavy (non-hydrogen) atoms. The lowest BCUT2D eigenvalue weighted by atomic mass is 9.72. The summed E-state index contributed by atoms with van der Waals surface area (Å²) in [6, 6.07) is 0. The molecule has 0 bridgehead atoms. The summed E-state index contributed by atoms with van der Waals surface area (Å²) in [4.78, 5) is 11.7. The molecule has 0 rings (SSSR count). The van der Waals surface area contributed by atoms with E-state index in [0.717, 1.165) is 13.0 Å². The zero-order chi connectivity index (χ0) is 11.4. The molecular weight excluding hydrogens is 174 g/mol. The van der Waals surface area contributed by atoms with Crippen molar-refractivity contribution >= 4 is 5.78 Å². The molecule has 2 heteroatoms. The van der Waals surface area contributed by atoms with Crippen molar-refractivity contribution in [2.45, 2.75) is 47.5 Å². The molecule has 0 aliphatic heterocycles. The molecule has 1 N–H and O–H groups in total. The summed E-state index contributed by atoms with van der Waals surface area (Å²) in [6.45, 7) is 11.4. The normalized spacial score (nSPS) is 13.0. The number of carbonyl (C=O) groups is 1. The standard InChI is InChI=1S/C12H25NO/c1-7-10(14)12(4,5)8-11(2,3)9-13-6/h13H,7-9H2,1-6H3. The summed E-state index contributed by atoms with van der Waals surface area (Å²) in [5.74, 6) is 0.363. The molecule has 84 valence electrons. The first kappa shape index (κ1) is 13.6. The van der Waals surface area contributed by atoms with E-state index in [2.05, 4.69) is 33.0 Å². The van der Waals surface area contributed by atoms with Crippen molar-refractivity contribution in [1.82, 2.24) is 5.32 Å². The van der Waals surface area contributed by atoms with Crippen molar-refractivity contribution in [2.24, 2.45) is 10.8 Å². The van der Waals surface area contributed by atoms with Gasteiger partial charge in [0.1, 0.15) is 5.78 Å². The smallest absolute Gasteiger partial charge is 0.138 e. The van der Waals surface area contributed by atoms with E-state index < -0.39 is 0 Å². The average molecular weight is 199 g/mol. The lowest BCUT2D eigenvalue weighted by Gasteiger charge is -2.33. The molecule has 0 atom stereocenters. The predicted molar refractivity (Wildman–Crippen MR) is 61.4 cm³/mol. The van der Waals surface area contributed by atoms with E-state index in [-0.39, 0.29) is 10.8 Å². The molecule has 0 aromatic carbocycles. The van der Waals surface area contributed by atoms with E-state index >= 15 is 0 Å². The first-order valence-electron chi connectivity index (χ1n) is 5.43. The molecule has 0 aromatic rings. The highest BCUT2D eigenvalue weighted by Crippen LogP contribution is 2.34. The molecular formula is C12H25NO. The molecule has 0 radical (unpaired) electrons. The lowest BCUT2D eigenvalue weighted by molar-refractivity contribution is -0.128. The highest BCUT2D eigenvalue weighted by atomic mass is 16.1. The summed E-state index contributed by atoms with van der Waals surface area (Å²) in [5, 5.41) is 3.18. The van der Waals surface area contributed by atoms with Crippen LogP contribution in [0, 0.1) is 10.8 Å². The van der Waals surface area contributed by atoms with E-state index in [0.29, 0.717) is 12.2 Å². The Kier molecular flexibility index (Phi) is 4.79. The summed E-state index contributed by atoms with van der Waals surface area (Å²) in [5.41, 5.74) is -0.00181. The van der Waals surface area contributed by atoms with E-state index in [1.807, 2.05) is 14.0 Å². The van der Waals surface area contributed by atoms with Gasteiger partial charge in [-0.15, -0.1) is 0 Å². The van der Waals surface area contributed by atoms with E-state index in [4.69, 9.17) is 0 Å². The molecule has 0 aliphatic rings. The van der Waals surface area contributed by atoms with Gasteiger partial charge in [-0.1, -0.05) is 34.6 Å². The third-order valence-electron chi connectivity index (χ3n) is 2.65. The summed E-state index contributed by atoms with van der Waals surface area (Å²) in [7, 11) is 1.95. The number of nitrogens with one attached hydrogen (secondary N) is 1. The maximum Gasteiger partial charge on any atom is 0.138 e. The van der Waals surface area contributed by atoms with Crippen LogP contribution < -0.4 is 5.32 Å². The fraction of sp³-hybridized carbons (Fsp3) is 0.917. The van der Waals surface area contributed by atoms with Crippen molar-refractivity contribution in [3.63, 3.8) is 0 Å². The van der Waals surface area contributed by atoms with Crippen LogP contribution in [0.3, 0.4) is 0 Å². The van der Waals surface area contributed by atoms with Crippen LogP contribution in [0.4, 0.5) is 0 Å². The highest BCUT2D eigenvalue weighted by Gasteiger charge is 2.32. The number of carbonyl (C=O) groups excluding carboxylic acids is 1. The molecule has 0 heterocycles. The number of Topliss-reactive ketones (excluding diaryl/α,β-unsaturated/α-hetero) is 1. The molecule has 0 saturated heterocycles. The van der Waals surface area contributed by atoms with Crippen LogP contribution in [0.15, 0.2) is 0 Å². The molecule has 0 aromatic heterocycles. The van der Waals surface area contributed by atoms with Crippen molar-refractivity contribution in [3.05, 3.63) is 0 Å². The zero-order valence-corrected chi connectivity index (χ0v) is 10.5. The van der Waals surface area contributed by atoms with Gasteiger partial charge in [-0.25, -0.2) is 0 Å². The first-order chi connectivity index (χ1) is 6.25. The Hall–Kier alpha value is -0.370. The Morgan fingerprint density at radius 2 is 1.71 bits per heavy atom. The van der Waals surface area contributed by atoms with E-state index in [9.17, 15) is 4.79 Å². The van der Waals surface area contributed by atoms with Crippen LogP contribution >= 0.6 is 0 Å². The lowest BCUT2D eigenvalue weighted by Crippen LogP contribution is -2.35. The first-order valence-corrected chi connectivity index (χ1v) is 5.43. The Labute approximate surface area is 88.5 Å². The van der Waals surface area contributed by atoms with Gasteiger partial charge in [-0.2, -0.15) is 0 Å². The maximum absolute atomic E-state index is 11.7. The fourth-order valence-corrected chi connectivity index (χ4v) is 2.31. The van der Waals surface area contributed by atoms with E-state index in [1.165, 1.54) is 0 Å². The second kappa shape index (κ2) is 4.92. The second-order valence-corrected chi connectivity index (χ2v) is 5.53. The van der Waals surface area contributed by atoms with Gasteiger partial charge in [0.2, 0.25) is 0 Å². The topological polar surface area (TPSA) is 29.1 Å². The van der Waals surface area contributed by atoms with Crippen molar-refractivity contribution in [1.29, 1.82) is 0 Å². The van der Waals surface area contributed by atoms with Crippen molar-refractivity contribution in [3.8, 4) is 0 Å². The van der Waals surface area contributed by atoms with Gasteiger partial charge < -0.3 is 5.32 Å². The van der Waals surface area contributed by atoms with Crippen molar-refractivity contribution < 1.29 is 4.79 Å². The maximum atomic E-state index is 11.7. The van der Waals surface area contributed by atoms with Gasteiger partial charge in [0, 0.05) is 11.8 Å². The highest BCUT2D eigenvalue weighted by molar-refractivity contribution is 5.83. The number of hydrogen-bond donors (Lipinski definition) is 1. The SMILES string of the molecule is CCC(=O)C(C)(C)CC(C)(C)CNC. The fourth-order valence-electron chi connectivity index (χ4n) is 2.31. The van der Waals surface area contributed by atoms with Crippen LogP contribution in [0.2, 0.25) is 0 Å². The molecule has 0 unspecified atom stereocenters. The Morgan fingerprint density at radius 3 is 2.07 bits per heavy atom. The predicted octanol–water partition coefficient (Wildman–Crippen LogP) is 2.63. The van der Waals surface area contributed by atoms with Gasteiger partial charge in [-0.3, -0.25) is 4.79 Å². The molecule has 0 fully saturated rings. The molecule has 2 nitrogen and oxygen atoms in total. The monoisotopic (exact) mass is 199 g/mol. The van der Waals surface area contributed by atoms with Gasteiger partial charge in [0.05, 0.1) is 0 Å². The summed E-state index contributed by atoms with van der Waals surface area (Å²) in [6.07, 6.45) is 1.58. The minimum Gasteiger partial charge on any atom is -0.319 e. The van der Waals surface area contributed by atoms with Crippen LogP contribution in [-0.2, 0) is 4.79 Å². The van der Waals surface area contributed by atoms with Gasteiger partial charge in [-0.05, 0) is 25.4 Å². The third kappa shape index (κ3) is 4.23. The Morgan fingerprint density at radius 1 is 1.21 bits per heavy atom. The van der Waals surface area contributed by atoms with Gasteiger partial charge >= 0.3 is 0 Å².